The van der Waals surface area contributed by atoms with Gasteiger partial charge in [-0.15, -0.1) is 0 Å². The zero-order chi connectivity index (χ0) is 13.2. The van der Waals surface area contributed by atoms with E-state index in [4.69, 9.17) is 9.47 Å². The van der Waals surface area contributed by atoms with Gasteiger partial charge in [-0.25, -0.2) is 4.79 Å². The fraction of sp³-hybridized carbons (Fsp3) is 0.923. The molecule has 0 aliphatic carbocycles. The van der Waals surface area contributed by atoms with Crippen LogP contribution in [0.4, 0.5) is 4.79 Å². The molecule has 1 N–H and O–H groups in total. The minimum absolute atomic E-state index is 0.00772. The van der Waals surface area contributed by atoms with Gasteiger partial charge in [-0.2, -0.15) is 0 Å². The fourth-order valence-electron chi connectivity index (χ4n) is 1.92. The van der Waals surface area contributed by atoms with E-state index in [1.807, 2.05) is 6.92 Å². The van der Waals surface area contributed by atoms with Crippen LogP contribution in [0.2, 0.25) is 0 Å². The molecule has 0 bridgehead atoms. The molecular weight excluding hydrogens is 232 g/mol. The predicted octanol–water partition coefficient (Wildman–Crippen LogP) is 1.62. The van der Waals surface area contributed by atoms with Gasteiger partial charge in [-0.1, -0.05) is 19.8 Å². The highest BCUT2D eigenvalue weighted by Crippen LogP contribution is 2.03. The van der Waals surface area contributed by atoms with Crippen molar-refractivity contribution < 1.29 is 14.3 Å². The first-order valence-electron chi connectivity index (χ1n) is 6.97. The first kappa shape index (κ1) is 15.2. The van der Waals surface area contributed by atoms with Gasteiger partial charge in [0.05, 0.1) is 13.2 Å². The predicted molar refractivity (Wildman–Crippen MR) is 70.7 cm³/mol. The van der Waals surface area contributed by atoms with Crippen molar-refractivity contribution in [1.82, 2.24) is 10.2 Å². The summed E-state index contributed by atoms with van der Waals surface area (Å²) in [6.45, 7) is 9.05. The van der Waals surface area contributed by atoms with Gasteiger partial charge >= 0.3 is 6.09 Å². The largest absolute Gasteiger partial charge is 0.447 e. The maximum atomic E-state index is 11.5. The van der Waals surface area contributed by atoms with Crippen molar-refractivity contribution in [2.24, 2.45) is 0 Å². The highest BCUT2D eigenvalue weighted by molar-refractivity contribution is 5.67. The Balaban J connectivity index is 2.01. The van der Waals surface area contributed by atoms with E-state index < -0.39 is 0 Å². The molecule has 1 unspecified atom stereocenters. The lowest BCUT2D eigenvalue weighted by molar-refractivity contribution is 0.0378. The number of hydrogen-bond acceptors (Lipinski definition) is 4. The Morgan fingerprint density at radius 1 is 1.44 bits per heavy atom. The molecule has 1 amide bonds. The third-order valence-electron chi connectivity index (χ3n) is 3.07. The number of nitrogens with one attached hydrogen (secondary N) is 1. The van der Waals surface area contributed by atoms with E-state index in [0.717, 1.165) is 52.1 Å². The van der Waals surface area contributed by atoms with E-state index in [0.29, 0.717) is 6.54 Å². The Kier molecular flexibility index (Phi) is 7.76. The first-order chi connectivity index (χ1) is 8.72. The van der Waals surface area contributed by atoms with Crippen LogP contribution in [0.15, 0.2) is 0 Å². The molecule has 1 aliphatic rings. The average molecular weight is 258 g/mol. The standard InChI is InChI=1S/C13H26N2O3/c1-3-4-5-12(2)18-13(16)14-6-7-15-8-10-17-11-9-15/h12H,3-11H2,1-2H3,(H,14,16). The second-order valence-electron chi connectivity index (χ2n) is 4.74. The van der Waals surface area contributed by atoms with E-state index in [9.17, 15) is 4.79 Å². The lowest BCUT2D eigenvalue weighted by Crippen LogP contribution is -2.41. The number of nitrogens with zero attached hydrogens (tertiary/aromatic N) is 1. The lowest BCUT2D eigenvalue weighted by Gasteiger charge is -2.26. The highest BCUT2D eigenvalue weighted by Gasteiger charge is 2.11. The van der Waals surface area contributed by atoms with Crippen molar-refractivity contribution in [2.45, 2.75) is 39.2 Å². The number of hydrogen-bond donors (Lipinski definition) is 1. The summed E-state index contributed by atoms with van der Waals surface area (Å²) in [6, 6.07) is 0. The van der Waals surface area contributed by atoms with Gasteiger partial charge in [0, 0.05) is 26.2 Å². The lowest BCUT2D eigenvalue weighted by atomic mass is 10.2. The maximum Gasteiger partial charge on any atom is 0.407 e. The van der Waals surface area contributed by atoms with Crippen LogP contribution in [0.5, 0.6) is 0 Å². The van der Waals surface area contributed by atoms with E-state index in [-0.39, 0.29) is 12.2 Å². The molecule has 0 radical (unpaired) electrons. The van der Waals surface area contributed by atoms with Crippen molar-refractivity contribution >= 4 is 6.09 Å². The van der Waals surface area contributed by atoms with E-state index >= 15 is 0 Å². The van der Waals surface area contributed by atoms with Crippen LogP contribution >= 0.6 is 0 Å². The Labute approximate surface area is 110 Å². The number of morpholine rings is 1. The quantitative estimate of drug-likeness (QED) is 0.754. The third-order valence-corrected chi connectivity index (χ3v) is 3.07. The smallest absolute Gasteiger partial charge is 0.407 e. The summed E-state index contributed by atoms with van der Waals surface area (Å²) in [7, 11) is 0. The molecule has 1 aliphatic heterocycles. The van der Waals surface area contributed by atoms with E-state index in [2.05, 4.69) is 17.1 Å². The van der Waals surface area contributed by atoms with Crippen LogP contribution in [0, 0.1) is 0 Å². The molecule has 5 nitrogen and oxygen atoms in total. The van der Waals surface area contributed by atoms with Crippen molar-refractivity contribution in [3.05, 3.63) is 0 Å². The van der Waals surface area contributed by atoms with Gasteiger partial charge in [-0.05, 0) is 13.3 Å². The van der Waals surface area contributed by atoms with Gasteiger partial charge < -0.3 is 14.8 Å². The van der Waals surface area contributed by atoms with Gasteiger partial charge in [-0.3, -0.25) is 4.90 Å². The Hall–Kier alpha value is -0.810. The molecule has 0 aromatic carbocycles. The van der Waals surface area contributed by atoms with Crippen LogP contribution in [-0.4, -0.2) is 56.5 Å². The number of carbonyl (C=O) groups excluding carboxylic acids is 1. The molecule has 0 saturated carbocycles. The molecule has 1 fully saturated rings. The van der Waals surface area contributed by atoms with Crippen LogP contribution in [0.3, 0.4) is 0 Å². The Morgan fingerprint density at radius 2 is 2.17 bits per heavy atom. The summed E-state index contributed by atoms with van der Waals surface area (Å²) in [4.78, 5) is 13.8. The topological polar surface area (TPSA) is 50.8 Å². The third kappa shape index (κ3) is 6.81. The number of ether oxygens (including phenoxy) is 2. The summed E-state index contributed by atoms with van der Waals surface area (Å²) >= 11 is 0. The summed E-state index contributed by atoms with van der Waals surface area (Å²) < 4.78 is 10.5. The first-order valence-corrected chi connectivity index (χ1v) is 6.97. The van der Waals surface area contributed by atoms with E-state index in [1.54, 1.807) is 0 Å². The van der Waals surface area contributed by atoms with Crippen molar-refractivity contribution in [3.63, 3.8) is 0 Å². The molecule has 1 saturated heterocycles. The zero-order valence-corrected chi connectivity index (χ0v) is 11.6. The van der Waals surface area contributed by atoms with Crippen LogP contribution in [-0.2, 0) is 9.47 Å². The highest BCUT2D eigenvalue weighted by atomic mass is 16.6. The van der Waals surface area contributed by atoms with Crippen molar-refractivity contribution in [3.8, 4) is 0 Å². The summed E-state index contributed by atoms with van der Waals surface area (Å²) in [5.74, 6) is 0. The second-order valence-corrected chi connectivity index (χ2v) is 4.74. The van der Waals surface area contributed by atoms with Gasteiger partial charge in [0.1, 0.15) is 6.10 Å². The monoisotopic (exact) mass is 258 g/mol. The normalized spacial score (nSPS) is 18.3. The molecule has 5 heteroatoms. The minimum Gasteiger partial charge on any atom is -0.447 e. The molecule has 0 aromatic heterocycles. The minimum atomic E-state index is -0.299. The van der Waals surface area contributed by atoms with Gasteiger partial charge in [0.2, 0.25) is 0 Å². The molecular formula is C13H26N2O3. The van der Waals surface area contributed by atoms with E-state index in [1.165, 1.54) is 0 Å². The number of unbranched alkanes of at least 4 members (excludes halogenated alkanes) is 1. The summed E-state index contributed by atoms with van der Waals surface area (Å²) in [5.41, 5.74) is 0. The number of carbonyl (C=O) groups is 1. The van der Waals surface area contributed by atoms with Gasteiger partial charge in [0.15, 0.2) is 0 Å². The van der Waals surface area contributed by atoms with Crippen LogP contribution in [0.25, 0.3) is 0 Å². The number of alkyl carbamates (subject to hydrolysis) is 1. The molecule has 1 rings (SSSR count). The summed E-state index contributed by atoms with van der Waals surface area (Å²) in [5, 5.41) is 2.79. The van der Waals surface area contributed by atoms with Crippen LogP contribution < -0.4 is 5.32 Å². The zero-order valence-electron chi connectivity index (χ0n) is 11.6. The van der Waals surface area contributed by atoms with Crippen LogP contribution in [0.1, 0.15) is 33.1 Å². The second kappa shape index (κ2) is 9.16. The number of rotatable bonds is 7. The summed E-state index contributed by atoms with van der Waals surface area (Å²) in [6.07, 6.45) is 2.88. The Bertz CT molecular complexity index is 230. The number of amides is 1. The molecule has 0 aromatic rings. The van der Waals surface area contributed by atoms with Crippen molar-refractivity contribution in [1.29, 1.82) is 0 Å². The molecule has 106 valence electrons. The molecule has 0 spiro atoms. The molecule has 1 atom stereocenters. The average Bonchev–Trinajstić information content (AvgIpc) is 2.37. The fourth-order valence-corrected chi connectivity index (χ4v) is 1.92. The molecule has 1 heterocycles. The van der Waals surface area contributed by atoms with Crippen molar-refractivity contribution in [2.75, 3.05) is 39.4 Å². The van der Waals surface area contributed by atoms with Gasteiger partial charge in [0.25, 0.3) is 0 Å². The maximum absolute atomic E-state index is 11.5. The SMILES string of the molecule is CCCCC(C)OC(=O)NCCN1CCOCC1. The molecule has 18 heavy (non-hydrogen) atoms. The Morgan fingerprint density at radius 3 is 2.83 bits per heavy atom.